The SMILES string of the molecule is CCC(C)C(C)NS(=O)(=O)c1cc(Cl)cc(CNC)c1Cl. The molecule has 1 rings (SSSR count). The van der Waals surface area contributed by atoms with E-state index in [-0.39, 0.29) is 21.9 Å². The summed E-state index contributed by atoms with van der Waals surface area (Å²) in [5, 5.41) is 3.49. The molecule has 2 atom stereocenters. The molecule has 0 aromatic heterocycles. The lowest BCUT2D eigenvalue weighted by Gasteiger charge is -2.21. The van der Waals surface area contributed by atoms with Crippen LogP contribution in [-0.2, 0) is 16.6 Å². The van der Waals surface area contributed by atoms with E-state index in [2.05, 4.69) is 10.0 Å². The highest BCUT2D eigenvalue weighted by molar-refractivity contribution is 7.89. The van der Waals surface area contributed by atoms with Crippen LogP contribution in [-0.4, -0.2) is 21.5 Å². The van der Waals surface area contributed by atoms with Gasteiger partial charge in [-0.3, -0.25) is 0 Å². The molecule has 7 heteroatoms. The Bertz CT molecular complexity index is 591. The van der Waals surface area contributed by atoms with Gasteiger partial charge in [-0.05, 0) is 37.6 Å². The number of hydrogen-bond donors (Lipinski definition) is 2. The van der Waals surface area contributed by atoms with Crippen LogP contribution in [0, 0.1) is 5.92 Å². The van der Waals surface area contributed by atoms with Gasteiger partial charge in [0.25, 0.3) is 0 Å². The first-order valence-corrected chi connectivity index (χ1v) is 9.11. The summed E-state index contributed by atoms with van der Waals surface area (Å²) in [7, 11) is -1.94. The summed E-state index contributed by atoms with van der Waals surface area (Å²) in [4.78, 5) is 0.0251. The minimum absolute atomic E-state index is 0.0251. The first-order valence-electron chi connectivity index (χ1n) is 6.87. The third kappa shape index (κ3) is 4.83. The minimum Gasteiger partial charge on any atom is -0.316 e. The molecule has 0 amide bonds. The highest BCUT2D eigenvalue weighted by Crippen LogP contribution is 2.30. The van der Waals surface area contributed by atoms with Crippen molar-refractivity contribution in [3.05, 3.63) is 27.7 Å². The van der Waals surface area contributed by atoms with Crippen LogP contribution in [0.1, 0.15) is 32.8 Å². The van der Waals surface area contributed by atoms with Gasteiger partial charge in [0.1, 0.15) is 4.90 Å². The Morgan fingerprint density at radius 3 is 2.38 bits per heavy atom. The van der Waals surface area contributed by atoms with Crippen LogP contribution in [0.2, 0.25) is 10.0 Å². The van der Waals surface area contributed by atoms with Crippen LogP contribution in [0.4, 0.5) is 0 Å². The van der Waals surface area contributed by atoms with Crippen molar-refractivity contribution in [2.75, 3.05) is 7.05 Å². The molecular formula is C14H22Cl2N2O2S. The van der Waals surface area contributed by atoms with Gasteiger partial charge in [0, 0.05) is 17.6 Å². The minimum atomic E-state index is -3.70. The van der Waals surface area contributed by atoms with E-state index in [4.69, 9.17) is 23.2 Å². The highest BCUT2D eigenvalue weighted by atomic mass is 35.5. The molecule has 0 heterocycles. The van der Waals surface area contributed by atoms with Crippen molar-refractivity contribution in [2.24, 2.45) is 5.92 Å². The number of halogens is 2. The summed E-state index contributed by atoms with van der Waals surface area (Å²) in [5.74, 6) is 0.231. The Morgan fingerprint density at radius 2 is 1.86 bits per heavy atom. The maximum absolute atomic E-state index is 12.5. The normalized spacial score (nSPS) is 15.0. The molecule has 0 fully saturated rings. The molecule has 0 radical (unpaired) electrons. The van der Waals surface area contributed by atoms with E-state index in [9.17, 15) is 8.42 Å². The van der Waals surface area contributed by atoms with Crippen LogP contribution in [0.25, 0.3) is 0 Å². The number of nitrogens with one attached hydrogen (secondary N) is 2. The molecule has 0 aliphatic heterocycles. The molecule has 0 aliphatic carbocycles. The van der Waals surface area contributed by atoms with Crippen molar-refractivity contribution in [3.8, 4) is 0 Å². The second-order valence-corrected chi connectivity index (χ2v) is 7.70. The number of rotatable bonds is 7. The molecule has 0 saturated heterocycles. The summed E-state index contributed by atoms with van der Waals surface area (Å²) in [5.41, 5.74) is 0.656. The van der Waals surface area contributed by atoms with Crippen LogP contribution in [0.5, 0.6) is 0 Å². The van der Waals surface area contributed by atoms with Crippen LogP contribution >= 0.6 is 23.2 Å². The van der Waals surface area contributed by atoms with E-state index in [1.54, 1.807) is 13.1 Å². The van der Waals surface area contributed by atoms with Gasteiger partial charge in [-0.25, -0.2) is 13.1 Å². The van der Waals surface area contributed by atoms with Gasteiger partial charge in [-0.1, -0.05) is 43.5 Å². The van der Waals surface area contributed by atoms with Gasteiger partial charge in [0.15, 0.2) is 0 Å². The Balaban J connectivity index is 3.19. The molecular weight excluding hydrogens is 331 g/mol. The van der Waals surface area contributed by atoms with E-state index < -0.39 is 10.0 Å². The second kappa shape index (κ2) is 7.79. The Labute approximate surface area is 137 Å². The third-order valence-corrected chi connectivity index (χ3v) is 5.93. The zero-order chi connectivity index (χ0) is 16.2. The maximum atomic E-state index is 12.5. The number of benzene rings is 1. The summed E-state index contributed by atoms with van der Waals surface area (Å²) in [6.07, 6.45) is 0.887. The predicted molar refractivity (Wildman–Crippen MR) is 88.5 cm³/mol. The van der Waals surface area contributed by atoms with Gasteiger partial charge in [-0.15, -0.1) is 0 Å². The van der Waals surface area contributed by atoms with E-state index >= 15 is 0 Å². The average Bonchev–Trinajstić information content (AvgIpc) is 2.41. The summed E-state index contributed by atoms with van der Waals surface area (Å²) in [6, 6.07) is 2.87. The third-order valence-electron chi connectivity index (χ3n) is 3.57. The maximum Gasteiger partial charge on any atom is 0.242 e. The van der Waals surface area contributed by atoms with E-state index in [1.165, 1.54) is 6.07 Å². The van der Waals surface area contributed by atoms with Gasteiger partial charge in [0.2, 0.25) is 10.0 Å². The monoisotopic (exact) mass is 352 g/mol. The van der Waals surface area contributed by atoms with Crippen molar-refractivity contribution in [1.82, 2.24) is 10.0 Å². The molecule has 120 valence electrons. The first kappa shape index (κ1) is 18.7. The lowest BCUT2D eigenvalue weighted by molar-refractivity contribution is 0.434. The fourth-order valence-electron chi connectivity index (χ4n) is 1.91. The average molecular weight is 353 g/mol. The fraction of sp³-hybridized carbons (Fsp3) is 0.571. The molecule has 2 N–H and O–H groups in total. The molecule has 1 aromatic rings. The summed E-state index contributed by atoms with van der Waals surface area (Å²) >= 11 is 12.2. The van der Waals surface area contributed by atoms with E-state index in [1.807, 2.05) is 20.8 Å². The smallest absolute Gasteiger partial charge is 0.242 e. The molecule has 0 aliphatic rings. The Hall–Kier alpha value is -0.330. The second-order valence-electron chi connectivity index (χ2n) is 5.20. The van der Waals surface area contributed by atoms with Gasteiger partial charge < -0.3 is 5.32 Å². The Morgan fingerprint density at radius 1 is 1.24 bits per heavy atom. The molecule has 0 saturated carbocycles. The molecule has 1 aromatic carbocycles. The molecule has 0 spiro atoms. The molecule has 2 unspecified atom stereocenters. The van der Waals surface area contributed by atoms with E-state index in [0.717, 1.165) is 6.42 Å². The lowest BCUT2D eigenvalue weighted by atomic mass is 10.0. The summed E-state index contributed by atoms with van der Waals surface area (Å²) < 4.78 is 27.7. The fourth-order valence-corrected chi connectivity index (χ4v) is 4.19. The first-order chi connectivity index (χ1) is 9.72. The van der Waals surface area contributed by atoms with E-state index in [0.29, 0.717) is 17.1 Å². The standard InChI is InChI=1S/C14H22Cl2N2O2S/c1-5-9(2)10(3)18-21(19,20)13-7-12(15)6-11(8-17-4)14(13)16/h6-7,9-10,17-18H,5,8H2,1-4H3. The Kier molecular flexibility index (Phi) is 6.94. The van der Waals surface area contributed by atoms with Crippen molar-refractivity contribution < 1.29 is 8.42 Å². The van der Waals surface area contributed by atoms with Crippen molar-refractivity contribution in [1.29, 1.82) is 0 Å². The zero-order valence-corrected chi connectivity index (χ0v) is 15.0. The van der Waals surface area contributed by atoms with Crippen molar-refractivity contribution in [3.63, 3.8) is 0 Å². The molecule has 0 bridgehead atoms. The van der Waals surface area contributed by atoms with Crippen LogP contribution in [0.15, 0.2) is 17.0 Å². The van der Waals surface area contributed by atoms with Gasteiger partial charge in [-0.2, -0.15) is 0 Å². The van der Waals surface area contributed by atoms with Crippen molar-refractivity contribution >= 4 is 33.2 Å². The molecule has 21 heavy (non-hydrogen) atoms. The van der Waals surface area contributed by atoms with Gasteiger partial charge in [0.05, 0.1) is 5.02 Å². The summed E-state index contributed by atoms with van der Waals surface area (Å²) in [6.45, 7) is 6.31. The van der Waals surface area contributed by atoms with Crippen LogP contribution in [0.3, 0.4) is 0 Å². The number of sulfonamides is 1. The largest absolute Gasteiger partial charge is 0.316 e. The van der Waals surface area contributed by atoms with Gasteiger partial charge >= 0.3 is 0 Å². The lowest BCUT2D eigenvalue weighted by Crippen LogP contribution is -2.37. The molecule has 4 nitrogen and oxygen atoms in total. The zero-order valence-electron chi connectivity index (χ0n) is 12.7. The number of hydrogen-bond acceptors (Lipinski definition) is 3. The van der Waals surface area contributed by atoms with Crippen molar-refractivity contribution in [2.45, 2.75) is 44.7 Å². The quantitative estimate of drug-likeness (QED) is 0.790. The highest BCUT2D eigenvalue weighted by Gasteiger charge is 2.24. The topological polar surface area (TPSA) is 58.2 Å². The van der Waals surface area contributed by atoms with Crippen LogP contribution < -0.4 is 10.0 Å². The predicted octanol–water partition coefficient (Wildman–Crippen LogP) is 3.43.